The third-order valence-electron chi connectivity index (χ3n) is 7.14. The predicted molar refractivity (Wildman–Crippen MR) is 95.1 cm³/mol. The summed E-state index contributed by atoms with van der Waals surface area (Å²) in [6.07, 6.45) is 13.3. The number of nitrogens with zero attached hydrogens (tertiary/aromatic N) is 4. The van der Waals surface area contributed by atoms with Gasteiger partial charge in [0.15, 0.2) is 5.82 Å². The maximum atomic E-state index is 4.84. The summed E-state index contributed by atoms with van der Waals surface area (Å²) in [5.74, 6) is 3.86. The Balaban J connectivity index is 1.44. The first-order chi connectivity index (χ1) is 11.8. The molecule has 4 aliphatic rings. The average molecular weight is 327 g/mol. The molecule has 0 aromatic carbocycles. The van der Waals surface area contributed by atoms with Crippen LogP contribution in [0.5, 0.6) is 0 Å². The van der Waals surface area contributed by atoms with Gasteiger partial charge in [0.05, 0.1) is 12.4 Å². The zero-order valence-corrected chi connectivity index (χ0v) is 14.9. The van der Waals surface area contributed by atoms with Crippen molar-refractivity contribution in [2.75, 3.05) is 0 Å². The first-order valence-corrected chi connectivity index (χ1v) is 9.91. The molecule has 5 atom stereocenters. The number of hydrogen-bond donors (Lipinski definition) is 1. The molecule has 1 aromatic heterocycles. The van der Waals surface area contributed by atoms with Crippen molar-refractivity contribution in [3.8, 4) is 0 Å². The second-order valence-electron chi connectivity index (χ2n) is 8.30. The molecule has 0 amide bonds. The fraction of sp³-hybridized carbons (Fsp3) is 0.789. The monoisotopic (exact) mass is 327 g/mol. The second kappa shape index (κ2) is 5.58. The highest BCUT2D eigenvalue weighted by Gasteiger charge is 2.54. The Morgan fingerprint density at radius 1 is 1.21 bits per heavy atom. The third kappa shape index (κ3) is 2.17. The molecule has 5 unspecified atom stereocenters. The highest BCUT2D eigenvalue weighted by molar-refractivity contribution is 5.62. The minimum atomic E-state index is 0.283. The molecule has 24 heavy (non-hydrogen) atoms. The molecule has 5 nitrogen and oxygen atoms in total. The van der Waals surface area contributed by atoms with E-state index in [1.807, 2.05) is 6.34 Å². The number of aromatic nitrogens is 2. The van der Waals surface area contributed by atoms with E-state index >= 15 is 0 Å². The van der Waals surface area contributed by atoms with Gasteiger partial charge < -0.3 is 9.99 Å². The molecule has 3 saturated carbocycles. The van der Waals surface area contributed by atoms with E-state index in [-0.39, 0.29) is 6.04 Å². The molecule has 1 aliphatic heterocycles. The van der Waals surface area contributed by atoms with Gasteiger partial charge in [0.25, 0.3) is 0 Å². The van der Waals surface area contributed by atoms with Gasteiger partial charge in [-0.1, -0.05) is 26.2 Å². The van der Waals surface area contributed by atoms with Gasteiger partial charge in [-0.15, -0.1) is 0 Å². The molecular weight excluding hydrogens is 298 g/mol. The smallest absolute Gasteiger partial charge is 0.159 e. The number of nitrogens with one attached hydrogen (secondary N) is 1. The number of aliphatic imine (C=N–C) groups is 1. The van der Waals surface area contributed by atoms with Crippen molar-refractivity contribution >= 4 is 12.2 Å². The number of hydrogen-bond acceptors (Lipinski definition) is 4. The van der Waals surface area contributed by atoms with Crippen molar-refractivity contribution in [2.24, 2.45) is 22.7 Å². The van der Waals surface area contributed by atoms with Crippen molar-refractivity contribution in [1.29, 1.82) is 0 Å². The zero-order chi connectivity index (χ0) is 16.3. The number of rotatable bonds is 3. The van der Waals surface area contributed by atoms with Crippen molar-refractivity contribution in [2.45, 2.75) is 76.9 Å². The maximum absolute atomic E-state index is 4.84. The van der Waals surface area contributed by atoms with Gasteiger partial charge in [-0.05, 0) is 50.4 Å². The first-order valence-electron chi connectivity index (χ1n) is 9.91. The summed E-state index contributed by atoms with van der Waals surface area (Å²) in [7, 11) is 0. The van der Waals surface area contributed by atoms with Crippen LogP contribution in [0.25, 0.3) is 0 Å². The number of fused-ring (bicyclic) bond motifs is 2. The lowest BCUT2D eigenvalue weighted by atomic mass is 9.99. The SMILES string of the molecule is CCC1CC(n2cnc3c2N=CNN(C2CCCC2)C3C)C2CC12. The minimum Gasteiger partial charge on any atom is -0.312 e. The Morgan fingerprint density at radius 3 is 2.79 bits per heavy atom. The molecule has 2 heterocycles. The number of imidazole rings is 1. The Morgan fingerprint density at radius 2 is 2.04 bits per heavy atom. The molecular formula is C19H29N5. The van der Waals surface area contributed by atoms with Gasteiger partial charge >= 0.3 is 0 Å². The zero-order valence-electron chi connectivity index (χ0n) is 14.9. The van der Waals surface area contributed by atoms with Crippen molar-refractivity contribution in [1.82, 2.24) is 20.0 Å². The van der Waals surface area contributed by atoms with E-state index in [1.165, 1.54) is 44.9 Å². The summed E-state index contributed by atoms with van der Waals surface area (Å²) in [5.41, 5.74) is 4.61. The highest BCUT2D eigenvalue weighted by Crippen LogP contribution is 2.62. The Bertz CT molecular complexity index is 644. The molecule has 5 heteroatoms. The summed E-state index contributed by atoms with van der Waals surface area (Å²) < 4.78 is 2.41. The third-order valence-corrected chi connectivity index (χ3v) is 7.14. The molecule has 0 saturated heterocycles. The molecule has 0 radical (unpaired) electrons. The predicted octanol–water partition coefficient (Wildman–Crippen LogP) is 3.97. The van der Waals surface area contributed by atoms with Crippen LogP contribution in [0.2, 0.25) is 0 Å². The Kier molecular flexibility index (Phi) is 3.47. The summed E-state index contributed by atoms with van der Waals surface area (Å²) in [5, 5.41) is 2.39. The fourth-order valence-electron chi connectivity index (χ4n) is 5.71. The summed E-state index contributed by atoms with van der Waals surface area (Å²) in [6.45, 7) is 4.63. The maximum Gasteiger partial charge on any atom is 0.159 e. The molecule has 5 rings (SSSR count). The lowest BCUT2D eigenvalue weighted by Gasteiger charge is -2.31. The highest BCUT2D eigenvalue weighted by atomic mass is 15.5. The molecule has 1 aromatic rings. The summed E-state index contributed by atoms with van der Waals surface area (Å²) in [4.78, 5) is 9.63. The van der Waals surface area contributed by atoms with Crippen LogP contribution < -0.4 is 5.43 Å². The molecule has 0 spiro atoms. The summed E-state index contributed by atoms with van der Waals surface area (Å²) in [6, 6.07) is 1.52. The molecule has 1 N–H and O–H groups in total. The van der Waals surface area contributed by atoms with Gasteiger partial charge in [-0.2, -0.15) is 0 Å². The van der Waals surface area contributed by atoms with Crippen LogP contribution in [0, 0.1) is 17.8 Å². The van der Waals surface area contributed by atoms with Crippen LogP contribution in [0.3, 0.4) is 0 Å². The Labute approximate surface area is 144 Å². The standard InChI is InChI=1S/C19H29N5/c1-3-13-8-17(16-9-15(13)16)23-11-21-18-12(2)24(14-6-4-5-7-14)22-10-20-19(18)23/h10-17H,3-9H2,1-2H3,(H,20,22). The van der Waals surface area contributed by atoms with E-state index in [2.05, 4.69) is 35.2 Å². The van der Waals surface area contributed by atoms with Crippen LogP contribution in [0.4, 0.5) is 5.82 Å². The molecule has 3 aliphatic carbocycles. The van der Waals surface area contributed by atoms with Crippen LogP contribution in [0.15, 0.2) is 11.3 Å². The van der Waals surface area contributed by atoms with Gasteiger partial charge in [-0.3, -0.25) is 0 Å². The van der Waals surface area contributed by atoms with Gasteiger partial charge in [-0.25, -0.2) is 15.0 Å². The largest absolute Gasteiger partial charge is 0.312 e. The van der Waals surface area contributed by atoms with Crippen LogP contribution >= 0.6 is 0 Å². The number of hydrazine groups is 1. The van der Waals surface area contributed by atoms with Crippen molar-refractivity contribution < 1.29 is 0 Å². The van der Waals surface area contributed by atoms with Crippen LogP contribution in [0.1, 0.15) is 76.6 Å². The topological polar surface area (TPSA) is 45.5 Å². The fourth-order valence-corrected chi connectivity index (χ4v) is 5.71. The lowest BCUT2D eigenvalue weighted by molar-refractivity contribution is 0.113. The second-order valence-corrected chi connectivity index (χ2v) is 8.30. The Hall–Kier alpha value is -1.36. The first kappa shape index (κ1) is 14.9. The quantitative estimate of drug-likeness (QED) is 0.913. The van der Waals surface area contributed by atoms with Gasteiger partial charge in [0.2, 0.25) is 0 Å². The van der Waals surface area contributed by atoms with Gasteiger partial charge in [0, 0.05) is 12.1 Å². The lowest BCUT2D eigenvalue weighted by Crippen LogP contribution is -2.44. The van der Waals surface area contributed by atoms with E-state index < -0.39 is 0 Å². The summed E-state index contributed by atoms with van der Waals surface area (Å²) >= 11 is 0. The minimum absolute atomic E-state index is 0.283. The van der Waals surface area contributed by atoms with E-state index in [4.69, 9.17) is 9.98 Å². The molecule has 130 valence electrons. The van der Waals surface area contributed by atoms with Gasteiger partial charge in [0.1, 0.15) is 12.0 Å². The van der Waals surface area contributed by atoms with Crippen molar-refractivity contribution in [3.63, 3.8) is 0 Å². The van der Waals surface area contributed by atoms with E-state index in [0.29, 0.717) is 12.1 Å². The van der Waals surface area contributed by atoms with E-state index in [9.17, 15) is 0 Å². The van der Waals surface area contributed by atoms with Crippen LogP contribution in [-0.4, -0.2) is 26.9 Å². The average Bonchev–Trinajstić information content (AvgIpc) is 2.98. The van der Waals surface area contributed by atoms with E-state index in [1.54, 1.807) is 0 Å². The van der Waals surface area contributed by atoms with Crippen molar-refractivity contribution in [3.05, 3.63) is 12.0 Å². The van der Waals surface area contributed by atoms with Crippen LogP contribution in [-0.2, 0) is 0 Å². The molecule has 3 fully saturated rings. The van der Waals surface area contributed by atoms with E-state index in [0.717, 1.165) is 29.3 Å². The molecule has 0 bridgehead atoms. The normalized spacial score (nSPS) is 38.7.